The highest BCUT2D eigenvalue weighted by molar-refractivity contribution is 5.88. The molecule has 5 nitrogen and oxygen atoms in total. The molecule has 3 N–H and O–H groups in total. The Hall–Kier alpha value is -3.47. The summed E-state index contributed by atoms with van der Waals surface area (Å²) in [5.74, 6) is 1.11. The lowest BCUT2D eigenvalue weighted by molar-refractivity contribution is 0.215. The van der Waals surface area contributed by atoms with E-state index >= 15 is 0 Å². The van der Waals surface area contributed by atoms with Gasteiger partial charge < -0.3 is 15.2 Å². The molecule has 0 heterocycles. The molecule has 0 atom stereocenters. The van der Waals surface area contributed by atoms with Crippen molar-refractivity contribution in [2.45, 2.75) is 0 Å². The fourth-order valence-electron chi connectivity index (χ4n) is 2.42. The highest BCUT2D eigenvalue weighted by Crippen LogP contribution is 2.26. The Morgan fingerprint density at radius 2 is 1.56 bits per heavy atom. The van der Waals surface area contributed by atoms with Crippen LogP contribution < -0.4 is 20.5 Å². The van der Waals surface area contributed by atoms with Gasteiger partial charge in [0.2, 0.25) is 0 Å². The van der Waals surface area contributed by atoms with Gasteiger partial charge in [-0.2, -0.15) is 0 Å². The van der Waals surface area contributed by atoms with Crippen LogP contribution in [-0.2, 0) is 0 Å². The van der Waals surface area contributed by atoms with Gasteiger partial charge in [0.15, 0.2) is 0 Å². The van der Waals surface area contributed by atoms with Crippen LogP contribution in [0.15, 0.2) is 72.8 Å². The van der Waals surface area contributed by atoms with Crippen LogP contribution in [0.2, 0.25) is 0 Å². The van der Waals surface area contributed by atoms with Crippen molar-refractivity contribution in [3.8, 4) is 22.6 Å². The number of carbonyl (C=O) groups excluding carboxylic acids is 1. The molecule has 5 heteroatoms. The number of hydrogen-bond donors (Lipinski definition) is 2. The number of nitrogens with two attached hydrogens (primary N) is 1. The van der Waals surface area contributed by atoms with Crippen LogP contribution in [-0.4, -0.2) is 13.2 Å². The van der Waals surface area contributed by atoms with Crippen LogP contribution in [0.3, 0.4) is 0 Å². The number of nitrogen functional groups attached to an aromatic ring is 1. The van der Waals surface area contributed by atoms with E-state index in [1.807, 2.05) is 42.5 Å². The van der Waals surface area contributed by atoms with Crippen LogP contribution in [0.1, 0.15) is 0 Å². The molecule has 0 fully saturated rings. The lowest BCUT2D eigenvalue weighted by Gasteiger charge is -2.10. The second kappa shape index (κ2) is 7.40. The number of rotatable bonds is 4. The van der Waals surface area contributed by atoms with Crippen LogP contribution >= 0.6 is 0 Å². The molecule has 1 amide bonds. The summed E-state index contributed by atoms with van der Waals surface area (Å²) in [6.07, 6.45) is -0.588. The zero-order valence-electron chi connectivity index (χ0n) is 13.7. The molecule has 3 rings (SSSR count). The summed E-state index contributed by atoms with van der Waals surface area (Å²) in [5, 5.41) is 2.70. The van der Waals surface area contributed by atoms with Crippen molar-refractivity contribution in [3.63, 3.8) is 0 Å². The summed E-state index contributed by atoms with van der Waals surface area (Å²) in [4.78, 5) is 12.1. The first-order chi connectivity index (χ1) is 12.1. The zero-order chi connectivity index (χ0) is 17.6. The number of carbonyl (C=O) groups is 1. The Labute approximate surface area is 146 Å². The van der Waals surface area contributed by atoms with E-state index in [-0.39, 0.29) is 0 Å². The van der Waals surface area contributed by atoms with Crippen molar-refractivity contribution in [1.29, 1.82) is 0 Å². The van der Waals surface area contributed by atoms with Crippen molar-refractivity contribution in [1.82, 2.24) is 0 Å². The maximum Gasteiger partial charge on any atom is 0.417 e. The number of benzene rings is 3. The molecule has 0 bridgehead atoms. The fourth-order valence-corrected chi connectivity index (χ4v) is 2.42. The second-order valence-electron chi connectivity index (χ2n) is 5.40. The van der Waals surface area contributed by atoms with Crippen molar-refractivity contribution in [2.24, 2.45) is 0 Å². The summed E-state index contributed by atoms with van der Waals surface area (Å²) < 4.78 is 10.3. The molecule has 3 aromatic carbocycles. The first-order valence-corrected chi connectivity index (χ1v) is 7.73. The lowest BCUT2D eigenvalue weighted by atomic mass is 10.0. The molecular formula is C20H18N2O3. The summed E-state index contributed by atoms with van der Waals surface area (Å²) in [7, 11) is 1.58. The van der Waals surface area contributed by atoms with Crippen LogP contribution in [0.4, 0.5) is 16.2 Å². The molecule has 0 spiro atoms. The van der Waals surface area contributed by atoms with E-state index in [1.165, 1.54) is 0 Å². The average Bonchev–Trinajstić information content (AvgIpc) is 2.62. The van der Waals surface area contributed by atoms with E-state index in [0.717, 1.165) is 11.1 Å². The van der Waals surface area contributed by atoms with Gasteiger partial charge in [0, 0.05) is 11.4 Å². The highest BCUT2D eigenvalue weighted by atomic mass is 16.6. The quantitative estimate of drug-likeness (QED) is 0.686. The molecule has 0 unspecified atom stereocenters. The third-order valence-electron chi connectivity index (χ3n) is 3.58. The smallest absolute Gasteiger partial charge is 0.417 e. The monoisotopic (exact) mass is 334 g/mol. The SMILES string of the molecule is COc1ccc(OC(=O)Nc2cc(N)cc(-c3ccccc3)c2)cc1. The van der Waals surface area contributed by atoms with Gasteiger partial charge in [-0.15, -0.1) is 0 Å². The number of hydrogen-bond acceptors (Lipinski definition) is 4. The van der Waals surface area contributed by atoms with Gasteiger partial charge in [0.1, 0.15) is 11.5 Å². The Morgan fingerprint density at radius 1 is 0.880 bits per heavy atom. The second-order valence-corrected chi connectivity index (χ2v) is 5.40. The maximum atomic E-state index is 12.1. The van der Waals surface area contributed by atoms with Crippen LogP contribution in [0.25, 0.3) is 11.1 Å². The third kappa shape index (κ3) is 4.29. The minimum absolute atomic E-state index is 0.422. The molecule has 0 aliphatic rings. The first kappa shape index (κ1) is 16.4. The molecule has 3 aromatic rings. The third-order valence-corrected chi connectivity index (χ3v) is 3.58. The molecule has 126 valence electrons. The topological polar surface area (TPSA) is 73.6 Å². The summed E-state index contributed by atoms with van der Waals surface area (Å²) in [6.45, 7) is 0. The fraction of sp³-hybridized carbons (Fsp3) is 0.0500. The lowest BCUT2D eigenvalue weighted by Crippen LogP contribution is -2.16. The van der Waals surface area contributed by atoms with E-state index in [1.54, 1.807) is 37.4 Å². The van der Waals surface area contributed by atoms with Gasteiger partial charge in [-0.1, -0.05) is 30.3 Å². The van der Waals surface area contributed by atoms with Gasteiger partial charge in [-0.3, -0.25) is 5.32 Å². The molecular weight excluding hydrogens is 316 g/mol. The number of amides is 1. The average molecular weight is 334 g/mol. The van der Waals surface area contributed by atoms with E-state index in [4.69, 9.17) is 15.2 Å². The van der Waals surface area contributed by atoms with Gasteiger partial charge in [-0.05, 0) is 53.6 Å². The number of anilines is 2. The van der Waals surface area contributed by atoms with E-state index < -0.39 is 6.09 Å². The molecule has 0 radical (unpaired) electrons. The Morgan fingerprint density at radius 3 is 2.24 bits per heavy atom. The molecule has 0 saturated carbocycles. The van der Waals surface area contributed by atoms with E-state index in [2.05, 4.69) is 5.32 Å². The summed E-state index contributed by atoms with van der Waals surface area (Å²) >= 11 is 0. The maximum absolute atomic E-state index is 12.1. The molecule has 0 aliphatic carbocycles. The number of methoxy groups -OCH3 is 1. The van der Waals surface area contributed by atoms with Gasteiger partial charge in [-0.25, -0.2) is 4.79 Å². The minimum Gasteiger partial charge on any atom is -0.497 e. The van der Waals surface area contributed by atoms with Crippen molar-refractivity contribution >= 4 is 17.5 Å². The molecule has 0 saturated heterocycles. The van der Waals surface area contributed by atoms with Gasteiger partial charge in [0.05, 0.1) is 7.11 Å². The standard InChI is InChI=1S/C20H18N2O3/c1-24-18-7-9-19(10-8-18)25-20(23)22-17-12-15(11-16(21)13-17)14-5-3-2-4-6-14/h2-13H,21H2,1H3,(H,22,23). The minimum atomic E-state index is -0.588. The number of ether oxygens (including phenoxy) is 2. The Balaban J connectivity index is 1.73. The van der Waals surface area contributed by atoms with Crippen LogP contribution in [0.5, 0.6) is 11.5 Å². The van der Waals surface area contributed by atoms with Crippen molar-refractivity contribution in [2.75, 3.05) is 18.2 Å². The molecule has 25 heavy (non-hydrogen) atoms. The van der Waals surface area contributed by atoms with Crippen molar-refractivity contribution < 1.29 is 14.3 Å². The van der Waals surface area contributed by atoms with Crippen molar-refractivity contribution in [3.05, 3.63) is 72.8 Å². The zero-order valence-corrected chi connectivity index (χ0v) is 13.7. The van der Waals surface area contributed by atoms with E-state index in [0.29, 0.717) is 22.9 Å². The molecule has 0 aromatic heterocycles. The summed E-state index contributed by atoms with van der Waals surface area (Å²) in [5.41, 5.74) is 9.01. The predicted octanol–water partition coefficient (Wildman–Crippen LogP) is 4.56. The molecule has 0 aliphatic heterocycles. The Bertz CT molecular complexity index is 862. The normalized spacial score (nSPS) is 10.1. The summed E-state index contributed by atoms with van der Waals surface area (Å²) in [6, 6.07) is 21.9. The van der Waals surface area contributed by atoms with E-state index in [9.17, 15) is 4.79 Å². The number of nitrogens with one attached hydrogen (secondary N) is 1. The van der Waals surface area contributed by atoms with Gasteiger partial charge in [0.25, 0.3) is 0 Å². The predicted molar refractivity (Wildman–Crippen MR) is 98.9 cm³/mol. The van der Waals surface area contributed by atoms with Gasteiger partial charge >= 0.3 is 6.09 Å². The Kier molecular flexibility index (Phi) is 4.85. The first-order valence-electron chi connectivity index (χ1n) is 7.73. The van der Waals surface area contributed by atoms with Crippen LogP contribution in [0, 0.1) is 0 Å². The highest BCUT2D eigenvalue weighted by Gasteiger charge is 2.08. The largest absolute Gasteiger partial charge is 0.497 e.